The van der Waals surface area contributed by atoms with Gasteiger partial charge in [-0.2, -0.15) is 0 Å². The summed E-state index contributed by atoms with van der Waals surface area (Å²) in [5.41, 5.74) is 3.80. The summed E-state index contributed by atoms with van der Waals surface area (Å²) in [7, 11) is 0. The molecule has 3 amide bonds. The molecule has 1 saturated carbocycles. The standard InChI is InChI=1S/C33H35N3O4S/c1-22-10-14-24(15-11-22)35-27-9-5-4-8-26(27)30(38)36(33(35)18-6-7-19-33)32(2,3)21-40-25-16-12-23(13-17-25)20-28-29(37)34-31(39)41-28/h4-5,8-17,28H,6-7,18-21H2,1-3H3,(H,34,37,39). The monoisotopic (exact) mass is 569 g/mol. The van der Waals surface area contributed by atoms with Crippen molar-refractivity contribution in [3.05, 3.63) is 89.5 Å². The van der Waals surface area contributed by atoms with Gasteiger partial charge >= 0.3 is 0 Å². The number of aryl methyl sites for hydroxylation is 1. The van der Waals surface area contributed by atoms with Crippen LogP contribution >= 0.6 is 11.8 Å². The second-order valence-corrected chi connectivity index (χ2v) is 13.0. The topological polar surface area (TPSA) is 79.0 Å². The lowest BCUT2D eigenvalue weighted by atomic mass is 9.87. The quantitative estimate of drug-likeness (QED) is 0.345. The number of para-hydroxylation sites is 1. The van der Waals surface area contributed by atoms with Gasteiger partial charge in [0.15, 0.2) is 0 Å². The number of nitrogens with one attached hydrogen (secondary N) is 1. The number of anilines is 2. The number of carbonyl (C=O) groups excluding carboxylic acids is 3. The Hall–Kier alpha value is -3.78. The molecule has 8 heteroatoms. The van der Waals surface area contributed by atoms with Crippen LogP contribution in [0.2, 0.25) is 0 Å². The maximum absolute atomic E-state index is 14.3. The van der Waals surface area contributed by atoms with Crippen LogP contribution in [0.25, 0.3) is 0 Å². The Morgan fingerprint density at radius 3 is 2.29 bits per heavy atom. The fourth-order valence-electron chi connectivity index (χ4n) is 6.57. The zero-order valence-electron chi connectivity index (χ0n) is 23.7. The Balaban J connectivity index is 1.28. The Labute approximate surface area is 245 Å². The van der Waals surface area contributed by atoms with Crippen LogP contribution in [0.4, 0.5) is 16.2 Å². The molecule has 1 aliphatic carbocycles. The molecule has 1 spiro atoms. The largest absolute Gasteiger partial charge is 0.491 e. The van der Waals surface area contributed by atoms with E-state index in [1.54, 1.807) is 0 Å². The van der Waals surface area contributed by atoms with E-state index in [0.717, 1.165) is 54.4 Å². The third kappa shape index (κ3) is 4.99. The lowest BCUT2D eigenvalue weighted by Crippen LogP contribution is -2.70. The third-order valence-electron chi connectivity index (χ3n) is 8.42. The number of ether oxygens (including phenoxy) is 1. The lowest BCUT2D eigenvalue weighted by Gasteiger charge is -2.58. The molecule has 6 rings (SSSR count). The molecule has 0 aromatic heterocycles. The summed E-state index contributed by atoms with van der Waals surface area (Å²) in [6, 6.07) is 24.2. The number of hydrogen-bond acceptors (Lipinski definition) is 6. The number of amides is 3. The van der Waals surface area contributed by atoms with E-state index in [2.05, 4.69) is 66.2 Å². The van der Waals surface area contributed by atoms with Crippen molar-refractivity contribution in [2.24, 2.45) is 0 Å². The van der Waals surface area contributed by atoms with Crippen LogP contribution in [0.5, 0.6) is 5.75 Å². The summed E-state index contributed by atoms with van der Waals surface area (Å²) in [6.45, 7) is 6.59. The summed E-state index contributed by atoms with van der Waals surface area (Å²) in [4.78, 5) is 42.2. The summed E-state index contributed by atoms with van der Waals surface area (Å²) < 4.78 is 6.33. The van der Waals surface area contributed by atoms with E-state index >= 15 is 0 Å². The highest BCUT2D eigenvalue weighted by atomic mass is 32.2. The Kier molecular flexibility index (Phi) is 7.06. The molecule has 2 heterocycles. The van der Waals surface area contributed by atoms with Gasteiger partial charge in [0.05, 0.1) is 22.0 Å². The van der Waals surface area contributed by atoms with Gasteiger partial charge in [0.25, 0.3) is 11.1 Å². The predicted molar refractivity (Wildman–Crippen MR) is 162 cm³/mol. The summed E-state index contributed by atoms with van der Waals surface area (Å²) in [5, 5.41) is 1.64. The van der Waals surface area contributed by atoms with Gasteiger partial charge in [0, 0.05) is 5.69 Å². The smallest absolute Gasteiger partial charge is 0.286 e. The molecule has 1 saturated heterocycles. The average molecular weight is 570 g/mol. The van der Waals surface area contributed by atoms with Crippen LogP contribution in [0.3, 0.4) is 0 Å². The van der Waals surface area contributed by atoms with E-state index in [0.29, 0.717) is 24.3 Å². The van der Waals surface area contributed by atoms with Crippen LogP contribution < -0.4 is 15.0 Å². The van der Waals surface area contributed by atoms with Gasteiger partial charge in [-0.05, 0) is 94.8 Å². The van der Waals surface area contributed by atoms with Gasteiger partial charge in [-0.15, -0.1) is 0 Å². The summed E-state index contributed by atoms with van der Waals surface area (Å²) >= 11 is 1.03. The molecular weight excluding hydrogens is 534 g/mol. The molecule has 2 fully saturated rings. The highest BCUT2D eigenvalue weighted by Gasteiger charge is 2.56. The van der Waals surface area contributed by atoms with Crippen LogP contribution in [-0.4, -0.2) is 45.0 Å². The van der Waals surface area contributed by atoms with E-state index < -0.39 is 16.5 Å². The minimum atomic E-state index is -0.616. The predicted octanol–water partition coefficient (Wildman–Crippen LogP) is 6.61. The summed E-state index contributed by atoms with van der Waals surface area (Å²) in [6.07, 6.45) is 4.35. The van der Waals surface area contributed by atoms with E-state index in [-0.39, 0.29) is 17.1 Å². The van der Waals surface area contributed by atoms with Gasteiger partial charge in [-0.3, -0.25) is 19.7 Å². The molecule has 3 aromatic rings. The molecule has 212 valence electrons. The highest BCUT2D eigenvalue weighted by molar-refractivity contribution is 8.15. The van der Waals surface area contributed by atoms with Crippen molar-refractivity contribution in [3.63, 3.8) is 0 Å². The van der Waals surface area contributed by atoms with Crippen molar-refractivity contribution in [2.75, 3.05) is 11.5 Å². The maximum Gasteiger partial charge on any atom is 0.286 e. The fraction of sp³-hybridized carbons (Fsp3) is 0.364. The number of hydrogen-bond donors (Lipinski definition) is 1. The first-order valence-corrected chi connectivity index (χ1v) is 15.1. The number of benzene rings is 3. The molecule has 3 aromatic carbocycles. The van der Waals surface area contributed by atoms with Gasteiger partial charge < -0.3 is 14.5 Å². The van der Waals surface area contributed by atoms with Crippen LogP contribution in [0.1, 0.15) is 61.0 Å². The highest BCUT2D eigenvalue weighted by Crippen LogP contribution is 2.52. The molecule has 0 radical (unpaired) electrons. The summed E-state index contributed by atoms with van der Waals surface area (Å²) in [5.74, 6) is 0.495. The molecular formula is C33H35N3O4S. The molecule has 3 aliphatic rings. The van der Waals surface area contributed by atoms with Crippen LogP contribution in [0.15, 0.2) is 72.8 Å². The Morgan fingerprint density at radius 2 is 1.63 bits per heavy atom. The lowest BCUT2D eigenvalue weighted by molar-refractivity contribution is -0.118. The molecule has 2 aliphatic heterocycles. The van der Waals surface area contributed by atoms with Crippen LogP contribution in [-0.2, 0) is 11.2 Å². The number of thioether (sulfide) groups is 1. The molecule has 7 nitrogen and oxygen atoms in total. The van der Waals surface area contributed by atoms with Crippen molar-refractivity contribution in [1.29, 1.82) is 0 Å². The Bertz CT molecular complexity index is 1480. The van der Waals surface area contributed by atoms with Gasteiger partial charge in [0.1, 0.15) is 18.0 Å². The van der Waals surface area contributed by atoms with Crippen molar-refractivity contribution in [3.8, 4) is 5.75 Å². The molecule has 41 heavy (non-hydrogen) atoms. The SMILES string of the molecule is Cc1ccc(N2c3ccccc3C(=O)N(C(C)(C)COc3ccc(CC4SC(=O)NC4=O)cc3)C23CCCC3)cc1. The number of fused-ring (bicyclic) bond motifs is 1. The molecule has 1 unspecified atom stereocenters. The number of imide groups is 1. The average Bonchev–Trinajstić information content (AvgIpc) is 3.55. The third-order valence-corrected chi connectivity index (χ3v) is 9.40. The molecule has 0 bridgehead atoms. The van der Waals surface area contributed by atoms with Gasteiger partial charge in [-0.25, -0.2) is 0 Å². The molecule has 1 atom stereocenters. The minimum absolute atomic E-state index is 0.0386. The molecule has 1 N–H and O–H groups in total. The van der Waals surface area contributed by atoms with Crippen molar-refractivity contribution < 1.29 is 19.1 Å². The van der Waals surface area contributed by atoms with Crippen molar-refractivity contribution >= 4 is 40.2 Å². The number of rotatable bonds is 7. The zero-order valence-corrected chi connectivity index (χ0v) is 24.5. The van der Waals surface area contributed by atoms with E-state index in [1.165, 1.54) is 5.56 Å². The number of nitrogens with zero attached hydrogens (tertiary/aromatic N) is 2. The number of carbonyl (C=O) groups is 3. The Morgan fingerprint density at radius 1 is 0.951 bits per heavy atom. The van der Waals surface area contributed by atoms with Gasteiger partial charge in [0.2, 0.25) is 5.91 Å². The fourth-order valence-corrected chi connectivity index (χ4v) is 7.43. The normalized spacial score (nSPS) is 20.0. The second-order valence-electron chi connectivity index (χ2n) is 11.9. The van der Waals surface area contributed by atoms with Crippen molar-refractivity contribution in [1.82, 2.24) is 10.2 Å². The van der Waals surface area contributed by atoms with E-state index in [9.17, 15) is 14.4 Å². The maximum atomic E-state index is 14.3. The van der Waals surface area contributed by atoms with Gasteiger partial charge in [-0.1, -0.05) is 53.7 Å². The first-order chi connectivity index (χ1) is 19.7. The minimum Gasteiger partial charge on any atom is -0.491 e. The van der Waals surface area contributed by atoms with Crippen LogP contribution in [0, 0.1) is 6.92 Å². The first kappa shape index (κ1) is 27.4. The second kappa shape index (κ2) is 10.6. The van der Waals surface area contributed by atoms with Crippen molar-refractivity contribution in [2.45, 2.75) is 69.3 Å². The van der Waals surface area contributed by atoms with E-state index in [4.69, 9.17) is 4.74 Å². The first-order valence-electron chi connectivity index (χ1n) is 14.2. The van der Waals surface area contributed by atoms with E-state index in [1.807, 2.05) is 42.5 Å². The zero-order chi connectivity index (χ0) is 28.8.